The minimum atomic E-state index is -3.51. The molecule has 7 nitrogen and oxygen atoms in total. The second kappa shape index (κ2) is 12.2. The second-order valence-corrected chi connectivity index (χ2v) is 12.1. The minimum absolute atomic E-state index is 0.0394. The summed E-state index contributed by atoms with van der Waals surface area (Å²) in [6, 6.07) is 25.8. The maximum atomic E-state index is 13.3. The molecule has 5 rings (SSSR count). The number of aryl methyl sites for hydroxylation is 1. The Labute approximate surface area is 232 Å². The first-order valence-corrected chi connectivity index (χ1v) is 15.3. The number of piperazine rings is 1. The third-order valence-electron chi connectivity index (χ3n) is 7.46. The lowest BCUT2D eigenvalue weighted by Gasteiger charge is -2.37. The molecule has 2 heterocycles. The van der Waals surface area contributed by atoms with Crippen LogP contribution >= 0.6 is 0 Å². The quantitative estimate of drug-likeness (QED) is 0.292. The smallest absolute Gasteiger partial charge is 0.243 e. The average Bonchev–Trinajstić information content (AvgIpc) is 2.98. The molecule has 1 aliphatic heterocycles. The highest BCUT2D eigenvalue weighted by Crippen LogP contribution is 2.27. The first-order chi connectivity index (χ1) is 19.0. The molecule has 1 atom stereocenters. The Morgan fingerprint density at radius 3 is 2.21 bits per heavy atom. The van der Waals surface area contributed by atoms with Gasteiger partial charge in [0.25, 0.3) is 0 Å². The number of hydrogen-bond donors (Lipinski definition) is 1. The zero-order valence-electron chi connectivity index (χ0n) is 22.8. The Hall–Kier alpha value is -3.33. The van der Waals surface area contributed by atoms with Crippen LogP contribution in [0.2, 0.25) is 0 Å². The number of benzene rings is 3. The number of fused-ring (bicyclic) bond motifs is 1. The van der Waals surface area contributed by atoms with Crippen molar-refractivity contribution in [1.82, 2.24) is 19.2 Å². The standard InChI is InChI=1S/C31H37N5O2S/c1-3-9-25-14-16-27(17-15-25)39(37,38)36-22-20-35(21-23-36)24(2)30-33-29-13-8-7-12-28(29)31(34-30)32-19-18-26-10-5-4-6-11-26/h4-8,10-17,24H,3,9,18-23H2,1-2H3,(H,32,33,34)/t24-/m0/s1. The molecule has 39 heavy (non-hydrogen) atoms. The third-order valence-corrected chi connectivity index (χ3v) is 9.38. The van der Waals surface area contributed by atoms with E-state index in [-0.39, 0.29) is 6.04 Å². The highest BCUT2D eigenvalue weighted by atomic mass is 32.2. The zero-order valence-corrected chi connectivity index (χ0v) is 23.6. The average molecular weight is 544 g/mol. The number of aromatic nitrogens is 2. The van der Waals surface area contributed by atoms with E-state index in [1.54, 1.807) is 16.4 Å². The Bertz CT molecular complexity index is 1480. The summed E-state index contributed by atoms with van der Waals surface area (Å²) in [5.41, 5.74) is 3.35. The molecule has 0 amide bonds. The van der Waals surface area contributed by atoms with E-state index in [0.717, 1.165) is 48.4 Å². The molecule has 0 spiro atoms. The number of anilines is 1. The van der Waals surface area contributed by atoms with Gasteiger partial charge in [-0.15, -0.1) is 0 Å². The van der Waals surface area contributed by atoms with E-state index < -0.39 is 10.0 Å². The maximum Gasteiger partial charge on any atom is 0.243 e. The molecule has 1 fully saturated rings. The van der Waals surface area contributed by atoms with Crippen molar-refractivity contribution < 1.29 is 8.42 Å². The lowest BCUT2D eigenvalue weighted by atomic mass is 10.1. The molecule has 1 N–H and O–H groups in total. The van der Waals surface area contributed by atoms with Gasteiger partial charge in [0.2, 0.25) is 10.0 Å². The van der Waals surface area contributed by atoms with Gasteiger partial charge in [-0.1, -0.05) is 67.9 Å². The van der Waals surface area contributed by atoms with Crippen molar-refractivity contribution in [3.05, 3.63) is 95.8 Å². The van der Waals surface area contributed by atoms with Gasteiger partial charge >= 0.3 is 0 Å². The van der Waals surface area contributed by atoms with E-state index >= 15 is 0 Å². The molecule has 1 saturated heterocycles. The van der Waals surface area contributed by atoms with Crippen molar-refractivity contribution in [2.75, 3.05) is 38.0 Å². The summed E-state index contributed by atoms with van der Waals surface area (Å²) in [4.78, 5) is 12.5. The van der Waals surface area contributed by atoms with Gasteiger partial charge in [-0.25, -0.2) is 18.4 Å². The van der Waals surface area contributed by atoms with Crippen LogP contribution in [0, 0.1) is 0 Å². The number of sulfonamides is 1. The molecule has 0 aliphatic carbocycles. The van der Waals surface area contributed by atoms with Gasteiger partial charge in [-0.05, 0) is 55.2 Å². The molecule has 8 heteroatoms. The number of nitrogens with one attached hydrogen (secondary N) is 1. The second-order valence-electron chi connectivity index (χ2n) is 10.1. The van der Waals surface area contributed by atoms with Crippen LogP contribution in [0.15, 0.2) is 83.8 Å². The van der Waals surface area contributed by atoms with Gasteiger partial charge in [-0.2, -0.15) is 4.31 Å². The molecule has 3 aromatic carbocycles. The molecule has 0 bridgehead atoms. The number of nitrogens with zero attached hydrogens (tertiary/aromatic N) is 4. The van der Waals surface area contributed by atoms with Gasteiger partial charge in [0.15, 0.2) is 0 Å². The summed E-state index contributed by atoms with van der Waals surface area (Å²) in [5.74, 6) is 1.59. The maximum absolute atomic E-state index is 13.3. The molecule has 1 aromatic heterocycles. The topological polar surface area (TPSA) is 78.4 Å². The van der Waals surface area contributed by atoms with Crippen molar-refractivity contribution in [3.63, 3.8) is 0 Å². The number of rotatable bonds is 10. The van der Waals surface area contributed by atoms with Crippen LogP contribution in [0.25, 0.3) is 10.9 Å². The van der Waals surface area contributed by atoms with E-state index in [2.05, 4.69) is 48.3 Å². The SMILES string of the molecule is CCCc1ccc(S(=O)(=O)N2CCN([C@@H](C)c3nc(NCCc4ccccc4)c4ccccc4n3)CC2)cc1. The van der Waals surface area contributed by atoms with Crippen LogP contribution in [0.4, 0.5) is 5.82 Å². The molecular formula is C31H37N5O2S. The van der Waals surface area contributed by atoms with E-state index in [1.165, 1.54) is 11.1 Å². The van der Waals surface area contributed by atoms with Crippen molar-refractivity contribution >= 4 is 26.7 Å². The van der Waals surface area contributed by atoms with Crippen LogP contribution < -0.4 is 5.32 Å². The lowest BCUT2D eigenvalue weighted by molar-refractivity contribution is 0.141. The van der Waals surface area contributed by atoms with E-state index in [1.807, 2.05) is 42.5 Å². The Morgan fingerprint density at radius 1 is 0.821 bits per heavy atom. The Morgan fingerprint density at radius 2 is 1.49 bits per heavy atom. The molecular weight excluding hydrogens is 506 g/mol. The molecule has 4 aromatic rings. The van der Waals surface area contributed by atoms with Gasteiger partial charge in [0, 0.05) is 38.1 Å². The molecule has 204 valence electrons. The van der Waals surface area contributed by atoms with Crippen LogP contribution in [0.3, 0.4) is 0 Å². The van der Waals surface area contributed by atoms with E-state index in [9.17, 15) is 8.42 Å². The molecule has 1 aliphatic rings. The predicted octanol–water partition coefficient (Wildman–Crippen LogP) is 5.30. The highest BCUT2D eigenvalue weighted by molar-refractivity contribution is 7.89. The van der Waals surface area contributed by atoms with Crippen molar-refractivity contribution in [1.29, 1.82) is 0 Å². The first kappa shape index (κ1) is 27.2. The molecule has 0 unspecified atom stereocenters. The van der Waals surface area contributed by atoms with Gasteiger partial charge in [0.1, 0.15) is 11.6 Å². The summed E-state index contributed by atoms with van der Waals surface area (Å²) in [5, 5.41) is 4.54. The summed E-state index contributed by atoms with van der Waals surface area (Å²) >= 11 is 0. The van der Waals surface area contributed by atoms with Gasteiger partial charge in [-0.3, -0.25) is 4.90 Å². The van der Waals surface area contributed by atoms with Gasteiger partial charge in [0.05, 0.1) is 16.5 Å². The largest absolute Gasteiger partial charge is 0.369 e. The third kappa shape index (κ3) is 6.30. The summed E-state index contributed by atoms with van der Waals surface area (Å²) in [6.45, 7) is 7.14. The van der Waals surface area contributed by atoms with Crippen LogP contribution in [0.1, 0.15) is 43.3 Å². The lowest BCUT2D eigenvalue weighted by Crippen LogP contribution is -2.49. The summed E-state index contributed by atoms with van der Waals surface area (Å²) in [7, 11) is -3.51. The number of para-hydroxylation sites is 1. The fraction of sp³-hybridized carbons (Fsp3) is 0.355. The van der Waals surface area contributed by atoms with E-state index in [0.29, 0.717) is 31.1 Å². The highest BCUT2D eigenvalue weighted by Gasteiger charge is 2.31. The van der Waals surface area contributed by atoms with Crippen LogP contribution in [-0.2, 0) is 22.9 Å². The zero-order chi connectivity index (χ0) is 27.2. The molecule has 0 radical (unpaired) electrons. The fourth-order valence-corrected chi connectivity index (χ4v) is 6.57. The van der Waals surface area contributed by atoms with E-state index in [4.69, 9.17) is 9.97 Å². The normalized spacial score (nSPS) is 15.8. The van der Waals surface area contributed by atoms with Crippen molar-refractivity contribution in [3.8, 4) is 0 Å². The fourth-order valence-electron chi connectivity index (χ4n) is 5.15. The van der Waals surface area contributed by atoms with Crippen LogP contribution in [0.5, 0.6) is 0 Å². The van der Waals surface area contributed by atoms with Crippen LogP contribution in [-0.4, -0.2) is 60.3 Å². The monoisotopic (exact) mass is 543 g/mol. The molecule has 0 saturated carbocycles. The Kier molecular flexibility index (Phi) is 8.55. The van der Waals surface area contributed by atoms with Gasteiger partial charge < -0.3 is 5.32 Å². The summed E-state index contributed by atoms with van der Waals surface area (Å²) < 4.78 is 28.1. The summed E-state index contributed by atoms with van der Waals surface area (Å²) in [6.07, 6.45) is 2.90. The number of hydrogen-bond acceptors (Lipinski definition) is 6. The minimum Gasteiger partial charge on any atom is -0.369 e. The van der Waals surface area contributed by atoms with Crippen molar-refractivity contribution in [2.45, 2.75) is 44.0 Å². The Balaban J connectivity index is 1.27. The first-order valence-electron chi connectivity index (χ1n) is 13.8. The van der Waals surface area contributed by atoms with Crippen molar-refractivity contribution in [2.24, 2.45) is 0 Å². The predicted molar refractivity (Wildman–Crippen MR) is 157 cm³/mol.